The molecule has 0 saturated carbocycles. The van der Waals surface area contributed by atoms with E-state index < -0.39 is 24.4 Å². The molecule has 156 valence electrons. The number of hydrogen-bond donors (Lipinski definition) is 2. The van der Waals surface area contributed by atoms with Gasteiger partial charge in [0, 0.05) is 19.2 Å². The molecule has 30 heavy (non-hydrogen) atoms. The van der Waals surface area contributed by atoms with Crippen molar-refractivity contribution in [1.82, 2.24) is 20.1 Å². The van der Waals surface area contributed by atoms with Crippen LogP contribution in [0.5, 0.6) is 0 Å². The van der Waals surface area contributed by atoms with Crippen LogP contribution in [0.25, 0.3) is 0 Å². The van der Waals surface area contributed by atoms with Gasteiger partial charge in [-0.3, -0.25) is 9.78 Å². The zero-order valence-electron chi connectivity index (χ0n) is 16.1. The molecular weight excluding hydrogens is 395 g/mol. The number of fused-ring (bicyclic) bond motifs is 1. The van der Waals surface area contributed by atoms with Crippen LogP contribution in [0.1, 0.15) is 45.7 Å². The number of alkyl halides is 2. The zero-order valence-corrected chi connectivity index (χ0v) is 16.1. The maximum Gasteiger partial charge on any atom is 0.260 e. The molecule has 1 aliphatic rings. The molecule has 2 N–H and O–H groups in total. The zero-order chi connectivity index (χ0) is 21.3. The third-order valence-corrected chi connectivity index (χ3v) is 5.09. The summed E-state index contributed by atoms with van der Waals surface area (Å²) in [6.07, 6.45) is 0.409. The standard InChI is InChI=1S/C21H20F3N5O/c1-12-2-7-16(25-9-12)17-8-18(19(23)24)29-20(28-17)15(11-27-29)21(30)26-10-13-3-5-14(22)6-4-13/h2-7,9,11,17-19,28H,8,10H2,1H3,(H,26,30)/t17-,18+/m1/s1. The number of carbonyl (C=O) groups is 1. The van der Waals surface area contributed by atoms with E-state index in [2.05, 4.69) is 20.7 Å². The lowest BCUT2D eigenvalue weighted by Gasteiger charge is -2.32. The molecule has 9 heteroatoms. The van der Waals surface area contributed by atoms with Crippen molar-refractivity contribution in [1.29, 1.82) is 0 Å². The summed E-state index contributed by atoms with van der Waals surface area (Å²) < 4.78 is 41.6. The predicted octanol–water partition coefficient (Wildman–Crippen LogP) is 4.02. The molecule has 0 fully saturated rings. The lowest BCUT2D eigenvalue weighted by molar-refractivity contribution is 0.0654. The number of rotatable bonds is 5. The number of amides is 1. The minimum Gasteiger partial charge on any atom is -0.361 e. The van der Waals surface area contributed by atoms with Crippen molar-refractivity contribution in [2.45, 2.75) is 38.4 Å². The van der Waals surface area contributed by atoms with Crippen LogP contribution in [0.3, 0.4) is 0 Å². The van der Waals surface area contributed by atoms with Gasteiger partial charge in [-0.25, -0.2) is 17.9 Å². The lowest BCUT2D eigenvalue weighted by Crippen LogP contribution is -2.32. The highest BCUT2D eigenvalue weighted by molar-refractivity contribution is 5.98. The molecule has 0 spiro atoms. The Morgan fingerprint density at radius 1 is 1.23 bits per heavy atom. The molecule has 0 bridgehead atoms. The van der Waals surface area contributed by atoms with E-state index in [9.17, 15) is 18.0 Å². The number of nitrogens with zero attached hydrogens (tertiary/aromatic N) is 3. The molecule has 0 radical (unpaired) electrons. The van der Waals surface area contributed by atoms with E-state index in [4.69, 9.17) is 0 Å². The quantitative estimate of drug-likeness (QED) is 0.660. The second-order valence-electron chi connectivity index (χ2n) is 7.26. The summed E-state index contributed by atoms with van der Waals surface area (Å²) >= 11 is 0. The Morgan fingerprint density at radius 2 is 2.00 bits per heavy atom. The number of aromatic nitrogens is 3. The number of carbonyl (C=O) groups excluding carboxylic acids is 1. The molecule has 1 amide bonds. The summed E-state index contributed by atoms with van der Waals surface area (Å²) in [4.78, 5) is 17.0. The molecule has 0 unspecified atom stereocenters. The van der Waals surface area contributed by atoms with Gasteiger partial charge in [0.25, 0.3) is 12.3 Å². The second-order valence-corrected chi connectivity index (χ2v) is 7.26. The average molecular weight is 415 g/mol. The van der Waals surface area contributed by atoms with Gasteiger partial charge in [0.15, 0.2) is 0 Å². The van der Waals surface area contributed by atoms with Crippen molar-refractivity contribution in [3.63, 3.8) is 0 Å². The maximum atomic E-state index is 13.7. The van der Waals surface area contributed by atoms with Gasteiger partial charge in [-0.15, -0.1) is 0 Å². The van der Waals surface area contributed by atoms with Gasteiger partial charge >= 0.3 is 0 Å². The number of pyridine rings is 1. The highest BCUT2D eigenvalue weighted by Crippen LogP contribution is 2.38. The molecule has 3 heterocycles. The largest absolute Gasteiger partial charge is 0.361 e. The Morgan fingerprint density at radius 3 is 2.67 bits per heavy atom. The minimum absolute atomic E-state index is 0.0963. The summed E-state index contributed by atoms with van der Waals surface area (Å²) in [5, 5.41) is 9.90. The molecule has 1 aliphatic heterocycles. The highest BCUT2D eigenvalue weighted by Gasteiger charge is 2.36. The molecule has 4 rings (SSSR count). The Bertz CT molecular complexity index is 1030. The summed E-state index contributed by atoms with van der Waals surface area (Å²) in [5.74, 6) is -0.595. The van der Waals surface area contributed by atoms with Crippen molar-refractivity contribution in [3.05, 3.63) is 77.0 Å². The summed E-state index contributed by atoms with van der Waals surface area (Å²) in [6, 6.07) is 7.74. The smallest absolute Gasteiger partial charge is 0.260 e. The number of halogens is 3. The molecule has 2 atom stereocenters. The summed E-state index contributed by atoms with van der Waals surface area (Å²) in [5.41, 5.74) is 2.47. The Labute approximate surface area is 171 Å². The monoisotopic (exact) mass is 415 g/mol. The Balaban J connectivity index is 1.57. The third kappa shape index (κ3) is 4.00. The summed E-state index contributed by atoms with van der Waals surface area (Å²) in [7, 11) is 0. The fourth-order valence-corrected chi connectivity index (χ4v) is 3.46. The SMILES string of the molecule is Cc1ccc([C@H]2C[C@@H](C(F)F)n3ncc(C(=O)NCc4ccc(F)cc4)c3N2)nc1. The van der Waals surface area contributed by atoms with E-state index in [1.807, 2.05) is 13.0 Å². The molecule has 6 nitrogen and oxygen atoms in total. The van der Waals surface area contributed by atoms with Crippen molar-refractivity contribution in [2.75, 3.05) is 5.32 Å². The van der Waals surface area contributed by atoms with Crippen LogP contribution < -0.4 is 10.6 Å². The Hall–Kier alpha value is -3.36. The van der Waals surface area contributed by atoms with Crippen LogP contribution in [-0.2, 0) is 6.54 Å². The highest BCUT2D eigenvalue weighted by atomic mass is 19.3. The van der Waals surface area contributed by atoms with Gasteiger partial charge in [-0.2, -0.15) is 5.10 Å². The average Bonchev–Trinajstić information content (AvgIpc) is 3.17. The predicted molar refractivity (Wildman–Crippen MR) is 105 cm³/mol. The maximum absolute atomic E-state index is 13.7. The van der Waals surface area contributed by atoms with Crippen molar-refractivity contribution in [3.8, 4) is 0 Å². The van der Waals surface area contributed by atoms with Crippen LogP contribution in [0.15, 0.2) is 48.8 Å². The molecule has 1 aromatic carbocycles. The van der Waals surface area contributed by atoms with Gasteiger partial charge < -0.3 is 10.6 Å². The normalized spacial score (nSPS) is 18.0. The van der Waals surface area contributed by atoms with Gasteiger partial charge in [-0.05, 0) is 36.2 Å². The molecule has 3 aromatic rings. The van der Waals surface area contributed by atoms with Crippen LogP contribution in [0.2, 0.25) is 0 Å². The molecule has 2 aromatic heterocycles. The fraction of sp³-hybridized carbons (Fsp3) is 0.286. The number of aryl methyl sites for hydroxylation is 1. The number of benzene rings is 1. The Kier molecular flexibility index (Phi) is 5.43. The van der Waals surface area contributed by atoms with E-state index in [0.29, 0.717) is 11.3 Å². The van der Waals surface area contributed by atoms with Crippen LogP contribution in [-0.4, -0.2) is 27.1 Å². The van der Waals surface area contributed by atoms with Crippen molar-refractivity contribution < 1.29 is 18.0 Å². The van der Waals surface area contributed by atoms with Crippen LogP contribution in [0.4, 0.5) is 19.0 Å². The summed E-state index contributed by atoms with van der Waals surface area (Å²) in [6.45, 7) is 2.07. The fourth-order valence-electron chi connectivity index (χ4n) is 3.46. The third-order valence-electron chi connectivity index (χ3n) is 5.09. The van der Waals surface area contributed by atoms with E-state index in [1.165, 1.54) is 23.0 Å². The number of nitrogens with one attached hydrogen (secondary N) is 2. The first-order valence-corrected chi connectivity index (χ1v) is 9.50. The lowest BCUT2D eigenvalue weighted by atomic mass is 10.0. The van der Waals surface area contributed by atoms with Gasteiger partial charge in [0.2, 0.25) is 0 Å². The van der Waals surface area contributed by atoms with Crippen LogP contribution >= 0.6 is 0 Å². The van der Waals surface area contributed by atoms with E-state index >= 15 is 0 Å². The first-order chi connectivity index (χ1) is 14.4. The van der Waals surface area contributed by atoms with Crippen molar-refractivity contribution in [2.24, 2.45) is 0 Å². The minimum atomic E-state index is -2.64. The van der Waals surface area contributed by atoms with Gasteiger partial charge in [0.1, 0.15) is 23.2 Å². The van der Waals surface area contributed by atoms with Crippen LogP contribution in [0, 0.1) is 12.7 Å². The van der Waals surface area contributed by atoms with Gasteiger partial charge in [0.05, 0.1) is 17.9 Å². The number of anilines is 1. The molecular formula is C21H20F3N5O. The first-order valence-electron chi connectivity index (χ1n) is 9.50. The number of hydrogen-bond acceptors (Lipinski definition) is 4. The first kappa shape index (κ1) is 19.9. The van der Waals surface area contributed by atoms with E-state index in [0.717, 1.165) is 5.56 Å². The van der Waals surface area contributed by atoms with Gasteiger partial charge in [-0.1, -0.05) is 18.2 Å². The topological polar surface area (TPSA) is 71.8 Å². The van der Waals surface area contributed by atoms with Crippen molar-refractivity contribution >= 4 is 11.7 Å². The molecule has 0 saturated heterocycles. The second kappa shape index (κ2) is 8.17. The molecule has 0 aliphatic carbocycles. The van der Waals surface area contributed by atoms with E-state index in [-0.39, 0.29) is 30.2 Å². The van der Waals surface area contributed by atoms with E-state index in [1.54, 1.807) is 24.4 Å².